The number of hydrogen-bond acceptors (Lipinski definition) is 8. The fourth-order valence-corrected chi connectivity index (χ4v) is 4.91. The minimum absolute atomic E-state index is 0. The number of rotatable bonds is 6. The van der Waals surface area contributed by atoms with Gasteiger partial charge in [0.15, 0.2) is 0 Å². The molecule has 47 heavy (non-hydrogen) atoms. The molecule has 4 fully saturated rings. The molecule has 9 N–H and O–H groups in total. The van der Waals surface area contributed by atoms with E-state index in [0.717, 1.165) is 83.1 Å². The fourth-order valence-electron chi connectivity index (χ4n) is 4.91. The predicted octanol–water partition coefficient (Wildman–Crippen LogP) is 6.06. The summed E-state index contributed by atoms with van der Waals surface area (Å²) in [4.78, 5) is 3.93. The van der Waals surface area contributed by atoms with Crippen LogP contribution >= 0.6 is 0 Å². The van der Waals surface area contributed by atoms with E-state index in [4.69, 9.17) is 0 Å². The number of allylic oxidation sites excluding steroid dienone is 1. The van der Waals surface area contributed by atoms with Crippen molar-refractivity contribution in [2.24, 2.45) is 30.7 Å². The van der Waals surface area contributed by atoms with E-state index in [1.807, 2.05) is 24.3 Å². The van der Waals surface area contributed by atoms with E-state index in [-0.39, 0.29) is 51.2 Å². The molecule has 6 rings (SSSR count). The van der Waals surface area contributed by atoms with Crippen LogP contribution in [0, 0.1) is 0 Å². The molecule has 15 nitrogen and oxygen atoms in total. The molecular formula is C30H54Cu2N13O2+. The second-order valence-electron chi connectivity index (χ2n) is 11.0. The molecule has 4 saturated heterocycles. The minimum atomic E-state index is 0. The summed E-state index contributed by atoms with van der Waals surface area (Å²) in [6.07, 6.45) is 18.4. The van der Waals surface area contributed by atoms with Gasteiger partial charge in [-0.05, 0) is 56.9 Å². The fraction of sp³-hybridized carbons (Fsp3) is 0.700. The number of nitrogens with two attached hydrogens (primary N) is 1. The van der Waals surface area contributed by atoms with Gasteiger partial charge in [0.25, 0.3) is 0 Å². The maximum Gasteiger partial charge on any atom is 2.00 e. The third kappa shape index (κ3) is 20.9. The Morgan fingerprint density at radius 1 is 0.723 bits per heavy atom. The summed E-state index contributed by atoms with van der Waals surface area (Å²) in [6, 6.07) is 5.21. The van der Waals surface area contributed by atoms with E-state index in [1.165, 1.54) is 38.5 Å². The number of hydrogen-bond donors (Lipinski definition) is 1. The summed E-state index contributed by atoms with van der Waals surface area (Å²) in [5.74, 6) is 0. The Bertz CT molecular complexity index is 928. The van der Waals surface area contributed by atoms with E-state index < -0.39 is 0 Å². The zero-order chi connectivity index (χ0) is 28.9. The first-order valence-electron chi connectivity index (χ1n) is 15.6. The van der Waals surface area contributed by atoms with Crippen molar-refractivity contribution in [2.45, 2.75) is 75.5 Å². The van der Waals surface area contributed by atoms with E-state index in [2.05, 4.69) is 62.3 Å². The Balaban J connectivity index is 0. The second kappa shape index (κ2) is 30.1. The molecule has 1 aromatic heterocycles. The number of piperidine rings is 4. The number of nitrogens with zero attached hydrogens (tertiary/aromatic N) is 11. The van der Waals surface area contributed by atoms with Crippen molar-refractivity contribution in [3.8, 4) is 0 Å². The summed E-state index contributed by atoms with van der Waals surface area (Å²) in [6.45, 7) is 8.60. The van der Waals surface area contributed by atoms with Crippen molar-refractivity contribution in [3.05, 3.63) is 76.0 Å². The smallest absolute Gasteiger partial charge is 0.693 e. The van der Waals surface area contributed by atoms with Crippen LogP contribution in [0.3, 0.4) is 0 Å². The Hall–Kier alpha value is -2.01. The Morgan fingerprint density at radius 3 is 1.70 bits per heavy atom. The average molecular weight is 756 g/mol. The van der Waals surface area contributed by atoms with Crippen molar-refractivity contribution in [1.29, 1.82) is 0 Å². The van der Waals surface area contributed by atoms with Crippen LogP contribution in [0.2, 0.25) is 0 Å². The molecule has 0 aromatic carbocycles. The van der Waals surface area contributed by atoms with E-state index in [9.17, 15) is 0 Å². The van der Waals surface area contributed by atoms with Crippen LogP contribution in [-0.2, 0) is 45.1 Å². The maximum atomic E-state index is 4.41. The van der Waals surface area contributed by atoms with Gasteiger partial charge >= 0.3 is 34.1 Å². The molecule has 0 bridgehead atoms. The Morgan fingerprint density at radius 2 is 1.28 bits per heavy atom. The molecule has 2 radical (unpaired) electrons. The van der Waals surface area contributed by atoms with Gasteiger partial charge in [-0.2, -0.15) is 25.6 Å². The molecule has 17 heteroatoms. The number of pyridine rings is 1. The van der Waals surface area contributed by atoms with Crippen LogP contribution in [0.5, 0.6) is 0 Å². The predicted molar refractivity (Wildman–Crippen MR) is 183 cm³/mol. The van der Waals surface area contributed by atoms with Gasteiger partial charge < -0.3 is 43.7 Å². The molecule has 0 spiro atoms. The SMILES string of the molecule is C1=CC(N=Nc2cccnc2)=C[N-]C1.C1C[N-]CC(N=NC2CCCNC2)C1.C1C[N-]CC(N=NC2CCC[N-]C2)C1.[Cu+2].[Cu+2].[NH2-].[OH3+].[OH3+]. The molecular weight excluding hydrogens is 702 g/mol. The summed E-state index contributed by atoms with van der Waals surface area (Å²) in [5.41, 5.74) is 1.51. The van der Waals surface area contributed by atoms with Gasteiger partial charge in [0, 0.05) is 12.7 Å². The summed E-state index contributed by atoms with van der Waals surface area (Å²) < 4.78 is 0. The number of nitrogens with one attached hydrogen (secondary N) is 1. The molecule has 0 saturated carbocycles. The van der Waals surface area contributed by atoms with Gasteiger partial charge in [-0.3, -0.25) is 4.98 Å². The topological polar surface area (TPSA) is 255 Å². The molecule has 4 atom stereocenters. The normalized spacial score (nSPS) is 25.3. The molecule has 6 heterocycles. The van der Waals surface area contributed by atoms with Gasteiger partial charge in [-0.1, -0.05) is 19.3 Å². The van der Waals surface area contributed by atoms with Crippen molar-refractivity contribution in [3.63, 3.8) is 0 Å². The quantitative estimate of drug-likeness (QED) is 0.206. The van der Waals surface area contributed by atoms with Crippen LogP contribution in [0.25, 0.3) is 27.4 Å². The molecule has 1 aromatic rings. The summed E-state index contributed by atoms with van der Waals surface area (Å²) in [5, 5.41) is 46.0. The Kier molecular flexibility index (Phi) is 30.1. The molecule has 0 amide bonds. The maximum absolute atomic E-state index is 4.41. The van der Waals surface area contributed by atoms with E-state index in [1.54, 1.807) is 18.6 Å². The zero-order valence-electron chi connectivity index (χ0n) is 27.1. The molecule has 5 aliphatic heterocycles. The molecule has 0 aliphatic carbocycles. The minimum Gasteiger partial charge on any atom is -0.693 e. The first kappa shape index (κ1) is 47.1. The monoisotopic (exact) mass is 754 g/mol. The molecule has 272 valence electrons. The average Bonchev–Trinajstić information content (AvgIpc) is 3.09. The van der Waals surface area contributed by atoms with Crippen LogP contribution in [0.1, 0.15) is 51.4 Å². The first-order valence-corrected chi connectivity index (χ1v) is 15.6. The van der Waals surface area contributed by atoms with Crippen molar-refractivity contribution in [1.82, 2.24) is 10.3 Å². The van der Waals surface area contributed by atoms with Crippen LogP contribution in [0.15, 0.2) is 79.3 Å². The number of aromatic nitrogens is 1. The van der Waals surface area contributed by atoms with Gasteiger partial charge in [-0.15, -0.1) is 63.2 Å². The standard InChI is InChI=1S/C10H19N4.C10H18N4.C10H9N4.2Cu.H2N.2H2O/c3*1-3-9(7-11-5-1)13-14-10-4-2-6-12-8-10;;;;;/h9-11H,1-8H2;9-10H,1-8H2;1-5,7-8H,6H2;;;3*1H2/q-1;-2;-1;2*+2;-1;;/p+2. The molecule has 4 unspecified atom stereocenters. The van der Waals surface area contributed by atoms with E-state index in [0.29, 0.717) is 24.2 Å². The van der Waals surface area contributed by atoms with Crippen LogP contribution in [-0.4, -0.2) is 88.1 Å². The van der Waals surface area contributed by atoms with Gasteiger partial charge in [0.2, 0.25) is 0 Å². The second-order valence-corrected chi connectivity index (χ2v) is 11.0. The van der Waals surface area contributed by atoms with Crippen molar-refractivity contribution in [2.75, 3.05) is 58.9 Å². The third-order valence-corrected chi connectivity index (χ3v) is 7.29. The van der Waals surface area contributed by atoms with Crippen LogP contribution < -0.4 is 5.32 Å². The van der Waals surface area contributed by atoms with Crippen molar-refractivity contribution < 1.29 is 45.1 Å². The molecule has 5 aliphatic rings. The third-order valence-electron chi connectivity index (χ3n) is 7.29. The summed E-state index contributed by atoms with van der Waals surface area (Å²) >= 11 is 0. The largest absolute Gasteiger partial charge is 2.00 e. The van der Waals surface area contributed by atoms with Crippen molar-refractivity contribution >= 4 is 5.69 Å². The van der Waals surface area contributed by atoms with Gasteiger partial charge in [-0.25, -0.2) is 0 Å². The van der Waals surface area contributed by atoms with E-state index >= 15 is 0 Å². The van der Waals surface area contributed by atoms with Gasteiger partial charge in [0.05, 0.1) is 36.1 Å². The summed E-state index contributed by atoms with van der Waals surface area (Å²) in [7, 11) is 0. The number of azo groups is 3. The van der Waals surface area contributed by atoms with Gasteiger partial charge in [0.1, 0.15) is 5.69 Å². The Labute approximate surface area is 301 Å². The zero-order valence-corrected chi connectivity index (χ0v) is 29.0. The first-order chi connectivity index (χ1) is 20.8. The van der Waals surface area contributed by atoms with Crippen LogP contribution in [0.4, 0.5) is 5.69 Å².